The van der Waals surface area contributed by atoms with Gasteiger partial charge < -0.3 is 10.1 Å². The van der Waals surface area contributed by atoms with Crippen molar-refractivity contribution in [3.8, 4) is 0 Å². The number of nitrogens with zero attached hydrogens (tertiary/aromatic N) is 1. The lowest BCUT2D eigenvalue weighted by molar-refractivity contribution is 0.116. The summed E-state index contributed by atoms with van der Waals surface area (Å²) in [5.74, 6) is 0.932. The molecule has 0 aromatic heterocycles. The fraction of sp³-hybridized carbons (Fsp3) is 1.00. The lowest BCUT2D eigenvalue weighted by Crippen LogP contribution is -2.45. The molecule has 1 atom stereocenters. The van der Waals surface area contributed by atoms with Gasteiger partial charge in [-0.25, -0.2) is 0 Å². The Bertz CT molecular complexity index is 209. The molecule has 0 aromatic rings. The Morgan fingerprint density at radius 1 is 1.29 bits per heavy atom. The van der Waals surface area contributed by atoms with Crippen molar-refractivity contribution >= 4 is 0 Å². The van der Waals surface area contributed by atoms with E-state index in [9.17, 15) is 0 Å². The highest BCUT2D eigenvalue weighted by Crippen LogP contribution is 2.34. The van der Waals surface area contributed by atoms with Crippen LogP contribution in [0.5, 0.6) is 0 Å². The summed E-state index contributed by atoms with van der Waals surface area (Å²) in [7, 11) is 1.79. The van der Waals surface area contributed by atoms with E-state index in [0.29, 0.717) is 6.04 Å². The average Bonchev–Trinajstić information content (AvgIpc) is 3.04. The van der Waals surface area contributed by atoms with E-state index < -0.39 is 0 Å². The summed E-state index contributed by atoms with van der Waals surface area (Å²) in [5.41, 5.74) is 0.218. The normalized spacial score (nSPS) is 18.7. The van der Waals surface area contributed by atoms with Crippen molar-refractivity contribution in [2.75, 3.05) is 33.4 Å². The molecule has 1 unspecified atom stereocenters. The first-order chi connectivity index (χ1) is 7.94. The zero-order valence-corrected chi connectivity index (χ0v) is 12.3. The van der Waals surface area contributed by atoms with Crippen LogP contribution in [0.25, 0.3) is 0 Å². The third-order valence-electron chi connectivity index (χ3n) is 3.52. The molecule has 1 rings (SSSR count). The Morgan fingerprint density at radius 2 is 1.94 bits per heavy atom. The predicted octanol–water partition coefficient (Wildman–Crippen LogP) is 2.12. The third-order valence-corrected chi connectivity index (χ3v) is 3.52. The highest BCUT2D eigenvalue weighted by Gasteiger charge is 2.31. The summed E-state index contributed by atoms with van der Waals surface area (Å²) in [4.78, 5) is 2.57. The van der Waals surface area contributed by atoms with Gasteiger partial charge in [0.05, 0.1) is 6.61 Å². The van der Waals surface area contributed by atoms with Crippen LogP contribution in [0.15, 0.2) is 0 Å². The average molecular weight is 242 g/mol. The van der Waals surface area contributed by atoms with Crippen LogP contribution in [0.1, 0.15) is 40.5 Å². The lowest BCUT2D eigenvalue weighted by atomic mass is 10.1. The topological polar surface area (TPSA) is 24.5 Å². The molecule has 0 bridgehead atoms. The first kappa shape index (κ1) is 14.9. The highest BCUT2D eigenvalue weighted by molar-refractivity contribution is 4.85. The SMILES string of the molecule is COCCN(CCNC(C)(C)C)C(C)C1CC1. The predicted molar refractivity (Wildman–Crippen MR) is 73.4 cm³/mol. The van der Waals surface area contributed by atoms with Crippen molar-refractivity contribution in [3.63, 3.8) is 0 Å². The Balaban J connectivity index is 2.29. The van der Waals surface area contributed by atoms with Gasteiger partial charge in [-0.3, -0.25) is 4.90 Å². The van der Waals surface area contributed by atoms with Gasteiger partial charge in [0.1, 0.15) is 0 Å². The van der Waals surface area contributed by atoms with Crippen molar-refractivity contribution in [2.45, 2.75) is 52.1 Å². The van der Waals surface area contributed by atoms with Gasteiger partial charge in [-0.05, 0) is 46.5 Å². The van der Waals surface area contributed by atoms with Crippen molar-refractivity contribution < 1.29 is 4.74 Å². The monoisotopic (exact) mass is 242 g/mol. The molecule has 0 amide bonds. The van der Waals surface area contributed by atoms with Gasteiger partial charge in [0.15, 0.2) is 0 Å². The summed E-state index contributed by atoms with van der Waals surface area (Å²) in [6.07, 6.45) is 2.83. The standard InChI is InChI=1S/C14H30N2O/c1-12(13-6-7-13)16(10-11-17-5)9-8-15-14(2,3)4/h12-13,15H,6-11H2,1-5H3. The summed E-state index contributed by atoms with van der Waals surface area (Å²) in [5, 5.41) is 3.56. The lowest BCUT2D eigenvalue weighted by Gasteiger charge is -2.30. The van der Waals surface area contributed by atoms with Gasteiger partial charge in [0.25, 0.3) is 0 Å². The largest absolute Gasteiger partial charge is 0.383 e. The van der Waals surface area contributed by atoms with Gasteiger partial charge >= 0.3 is 0 Å². The fourth-order valence-electron chi connectivity index (χ4n) is 2.18. The Kier molecular flexibility index (Phi) is 5.90. The van der Waals surface area contributed by atoms with Crippen LogP contribution in [0.2, 0.25) is 0 Å². The van der Waals surface area contributed by atoms with Gasteiger partial charge in [0, 0.05) is 38.3 Å². The Labute approximate surface area is 107 Å². The minimum absolute atomic E-state index is 0.218. The smallest absolute Gasteiger partial charge is 0.0589 e. The number of rotatable bonds is 8. The summed E-state index contributed by atoms with van der Waals surface area (Å²) < 4.78 is 5.21. The van der Waals surface area contributed by atoms with Crippen molar-refractivity contribution in [2.24, 2.45) is 5.92 Å². The molecule has 102 valence electrons. The second-order valence-electron chi connectivity index (χ2n) is 6.28. The molecule has 1 saturated carbocycles. The number of methoxy groups -OCH3 is 1. The number of hydrogen-bond acceptors (Lipinski definition) is 3. The van der Waals surface area contributed by atoms with Gasteiger partial charge in [-0.1, -0.05) is 0 Å². The van der Waals surface area contributed by atoms with Crippen LogP contribution < -0.4 is 5.32 Å². The molecule has 0 aliphatic heterocycles. The first-order valence-corrected chi connectivity index (χ1v) is 6.92. The van der Waals surface area contributed by atoms with Crippen LogP contribution in [0, 0.1) is 5.92 Å². The number of ether oxygens (including phenoxy) is 1. The molecule has 1 aliphatic carbocycles. The minimum Gasteiger partial charge on any atom is -0.383 e. The van der Waals surface area contributed by atoms with E-state index in [2.05, 4.69) is 37.9 Å². The summed E-state index contributed by atoms with van der Waals surface area (Å²) in [6, 6.07) is 0.715. The Morgan fingerprint density at radius 3 is 2.41 bits per heavy atom. The molecule has 1 N–H and O–H groups in total. The van der Waals surface area contributed by atoms with Crippen LogP contribution in [-0.2, 0) is 4.74 Å². The van der Waals surface area contributed by atoms with Crippen LogP contribution in [0.3, 0.4) is 0 Å². The molecule has 17 heavy (non-hydrogen) atoms. The van der Waals surface area contributed by atoms with E-state index >= 15 is 0 Å². The molecule has 0 spiro atoms. The molecule has 0 aromatic carbocycles. The van der Waals surface area contributed by atoms with Crippen molar-refractivity contribution in [1.82, 2.24) is 10.2 Å². The van der Waals surface area contributed by atoms with Crippen LogP contribution in [0.4, 0.5) is 0 Å². The molecule has 3 heteroatoms. The maximum Gasteiger partial charge on any atom is 0.0589 e. The van der Waals surface area contributed by atoms with E-state index in [1.165, 1.54) is 12.8 Å². The zero-order chi connectivity index (χ0) is 12.9. The zero-order valence-electron chi connectivity index (χ0n) is 12.3. The second kappa shape index (κ2) is 6.72. The third kappa shape index (κ3) is 6.39. The van der Waals surface area contributed by atoms with E-state index in [-0.39, 0.29) is 5.54 Å². The van der Waals surface area contributed by atoms with Crippen LogP contribution in [-0.4, -0.2) is 49.8 Å². The minimum atomic E-state index is 0.218. The molecular formula is C14H30N2O. The van der Waals surface area contributed by atoms with Gasteiger partial charge in [-0.15, -0.1) is 0 Å². The van der Waals surface area contributed by atoms with Gasteiger partial charge in [-0.2, -0.15) is 0 Å². The molecule has 1 fully saturated rings. The number of hydrogen-bond donors (Lipinski definition) is 1. The fourth-order valence-corrected chi connectivity index (χ4v) is 2.18. The number of nitrogens with one attached hydrogen (secondary N) is 1. The van der Waals surface area contributed by atoms with E-state index in [1.807, 2.05) is 0 Å². The van der Waals surface area contributed by atoms with E-state index in [1.54, 1.807) is 7.11 Å². The van der Waals surface area contributed by atoms with Crippen molar-refractivity contribution in [1.29, 1.82) is 0 Å². The molecule has 3 nitrogen and oxygen atoms in total. The maximum absolute atomic E-state index is 5.21. The Hall–Kier alpha value is -0.120. The highest BCUT2D eigenvalue weighted by atomic mass is 16.5. The van der Waals surface area contributed by atoms with Gasteiger partial charge in [0.2, 0.25) is 0 Å². The summed E-state index contributed by atoms with van der Waals surface area (Å²) >= 11 is 0. The molecular weight excluding hydrogens is 212 g/mol. The molecule has 0 radical (unpaired) electrons. The summed E-state index contributed by atoms with van der Waals surface area (Å²) in [6.45, 7) is 13.1. The first-order valence-electron chi connectivity index (χ1n) is 6.92. The molecule has 1 aliphatic rings. The van der Waals surface area contributed by atoms with Crippen LogP contribution >= 0.6 is 0 Å². The van der Waals surface area contributed by atoms with E-state index in [4.69, 9.17) is 4.74 Å². The van der Waals surface area contributed by atoms with Crippen molar-refractivity contribution in [3.05, 3.63) is 0 Å². The quantitative estimate of drug-likeness (QED) is 0.705. The van der Waals surface area contributed by atoms with E-state index in [0.717, 1.165) is 32.2 Å². The molecule has 0 saturated heterocycles. The maximum atomic E-state index is 5.21. The molecule has 0 heterocycles. The second-order valence-corrected chi connectivity index (χ2v) is 6.28.